The summed E-state index contributed by atoms with van der Waals surface area (Å²) in [6.07, 6.45) is 2.14. The number of nitrogens with zero attached hydrogens (tertiary/aromatic N) is 1. The van der Waals surface area contributed by atoms with Crippen LogP contribution in [0.5, 0.6) is 0 Å². The minimum absolute atomic E-state index is 0.0294. The number of aromatic amines is 1. The second-order valence-electron chi connectivity index (χ2n) is 4.97. The van der Waals surface area contributed by atoms with Crippen molar-refractivity contribution < 1.29 is 8.42 Å². The molecule has 1 aliphatic rings. The van der Waals surface area contributed by atoms with Gasteiger partial charge in [-0.15, -0.1) is 0 Å². The van der Waals surface area contributed by atoms with Crippen LogP contribution in [0.4, 0.5) is 0 Å². The number of aromatic nitrogens is 2. The monoisotopic (exact) mass is 258 g/mol. The maximum Gasteiger partial charge on any atom is 0.260 e. The van der Waals surface area contributed by atoms with Crippen molar-refractivity contribution in [3.05, 3.63) is 11.3 Å². The summed E-state index contributed by atoms with van der Waals surface area (Å²) < 4.78 is 26.7. The van der Waals surface area contributed by atoms with Crippen molar-refractivity contribution in [3.63, 3.8) is 0 Å². The lowest BCUT2D eigenvalue weighted by atomic mass is 10.2. The smallest absolute Gasteiger partial charge is 0.260 e. The predicted molar refractivity (Wildman–Crippen MR) is 63.7 cm³/mol. The number of nitrogens with one attached hydrogen (secondary N) is 2. The molecule has 1 aliphatic carbocycles. The highest BCUT2D eigenvalue weighted by atomic mass is 32.2. The summed E-state index contributed by atoms with van der Waals surface area (Å²) in [5, 5.41) is 6.51. The molecule has 0 radical (unpaired) electrons. The largest absolute Gasteiger partial charge is 0.326 e. The van der Waals surface area contributed by atoms with Crippen molar-refractivity contribution in [3.8, 4) is 0 Å². The first kappa shape index (κ1) is 12.5. The van der Waals surface area contributed by atoms with E-state index >= 15 is 0 Å². The van der Waals surface area contributed by atoms with Gasteiger partial charge in [0.05, 0.1) is 0 Å². The van der Waals surface area contributed by atoms with E-state index in [1.165, 1.54) is 0 Å². The van der Waals surface area contributed by atoms with Gasteiger partial charge in [-0.1, -0.05) is 6.92 Å². The molecule has 17 heavy (non-hydrogen) atoms. The summed E-state index contributed by atoms with van der Waals surface area (Å²) in [5.41, 5.74) is 6.91. The summed E-state index contributed by atoms with van der Waals surface area (Å²) in [5.74, 6) is 0. The van der Waals surface area contributed by atoms with Gasteiger partial charge >= 0.3 is 0 Å². The zero-order valence-electron chi connectivity index (χ0n) is 10.1. The summed E-state index contributed by atoms with van der Waals surface area (Å²) in [7, 11) is -3.55. The summed E-state index contributed by atoms with van der Waals surface area (Å²) in [6, 6.07) is 0. The predicted octanol–water partition coefficient (Wildman–Crippen LogP) is 0.255. The number of sulfonamides is 1. The van der Waals surface area contributed by atoms with Crippen molar-refractivity contribution in [2.75, 3.05) is 6.54 Å². The zero-order valence-corrected chi connectivity index (χ0v) is 10.9. The highest BCUT2D eigenvalue weighted by Gasteiger charge is 2.38. The highest BCUT2D eigenvalue weighted by molar-refractivity contribution is 7.89. The van der Waals surface area contributed by atoms with Gasteiger partial charge in [0, 0.05) is 24.3 Å². The van der Waals surface area contributed by atoms with Crippen LogP contribution in [0.25, 0.3) is 0 Å². The van der Waals surface area contributed by atoms with E-state index in [0.29, 0.717) is 17.8 Å². The maximum absolute atomic E-state index is 12.1. The number of nitrogens with two attached hydrogens (primary N) is 1. The lowest BCUT2D eigenvalue weighted by Crippen LogP contribution is -2.30. The van der Waals surface area contributed by atoms with Crippen molar-refractivity contribution in [1.29, 1.82) is 0 Å². The Balaban J connectivity index is 2.19. The molecule has 1 fully saturated rings. The minimum Gasteiger partial charge on any atom is -0.326 e. The summed E-state index contributed by atoms with van der Waals surface area (Å²) in [6.45, 7) is 4.45. The molecule has 0 aromatic carbocycles. The van der Waals surface area contributed by atoms with Gasteiger partial charge in [-0.3, -0.25) is 5.10 Å². The molecule has 0 unspecified atom stereocenters. The van der Waals surface area contributed by atoms with E-state index in [1.807, 2.05) is 0 Å². The molecule has 0 amide bonds. The van der Waals surface area contributed by atoms with E-state index in [2.05, 4.69) is 21.8 Å². The molecule has 2 rings (SSSR count). The fourth-order valence-electron chi connectivity index (χ4n) is 1.62. The normalized spacial score (nSPS) is 18.3. The van der Waals surface area contributed by atoms with Gasteiger partial charge in [-0.25, -0.2) is 13.1 Å². The molecule has 1 saturated carbocycles. The first-order valence-electron chi connectivity index (χ1n) is 5.61. The minimum atomic E-state index is -3.55. The van der Waals surface area contributed by atoms with Crippen LogP contribution in [-0.2, 0) is 16.6 Å². The fourth-order valence-corrected chi connectivity index (χ4v) is 3.02. The molecular weight excluding hydrogens is 240 g/mol. The molecule has 0 atom stereocenters. The molecule has 1 aromatic rings. The van der Waals surface area contributed by atoms with Crippen LogP contribution in [0, 0.1) is 12.3 Å². The molecule has 1 aromatic heterocycles. The Bertz CT molecular complexity index is 516. The summed E-state index contributed by atoms with van der Waals surface area (Å²) >= 11 is 0. The van der Waals surface area contributed by atoms with Gasteiger partial charge in [-0.05, 0) is 25.2 Å². The van der Waals surface area contributed by atoms with E-state index in [-0.39, 0.29) is 17.0 Å². The molecule has 0 aliphatic heterocycles. The third-order valence-electron chi connectivity index (χ3n) is 3.29. The quantitative estimate of drug-likeness (QED) is 0.705. The standard InChI is InChI=1S/C10H18N4O2S/c1-7-8(5-11)9(14-13-7)17(15,16)12-6-10(2)3-4-10/h12H,3-6,11H2,1-2H3,(H,13,14). The van der Waals surface area contributed by atoms with Crippen molar-refractivity contribution >= 4 is 10.0 Å². The van der Waals surface area contributed by atoms with Crippen LogP contribution in [0.3, 0.4) is 0 Å². The van der Waals surface area contributed by atoms with Crippen LogP contribution in [0.15, 0.2) is 5.03 Å². The lowest BCUT2D eigenvalue weighted by Gasteiger charge is -2.10. The van der Waals surface area contributed by atoms with Gasteiger partial charge in [-0.2, -0.15) is 5.10 Å². The van der Waals surface area contributed by atoms with Crippen molar-refractivity contribution in [2.45, 2.75) is 38.3 Å². The van der Waals surface area contributed by atoms with Crippen LogP contribution in [0.1, 0.15) is 31.0 Å². The average Bonchev–Trinajstić information content (AvgIpc) is 2.87. The molecule has 6 nitrogen and oxygen atoms in total. The third-order valence-corrected chi connectivity index (χ3v) is 4.66. The third kappa shape index (κ3) is 2.51. The Labute approximate surface area is 101 Å². The van der Waals surface area contributed by atoms with Crippen LogP contribution in [-0.4, -0.2) is 25.2 Å². The van der Waals surface area contributed by atoms with Gasteiger partial charge in [0.15, 0.2) is 5.03 Å². The number of hydrogen-bond acceptors (Lipinski definition) is 4. The number of rotatable bonds is 5. The number of aryl methyl sites for hydroxylation is 1. The van der Waals surface area contributed by atoms with E-state index in [0.717, 1.165) is 12.8 Å². The molecule has 0 bridgehead atoms. The lowest BCUT2D eigenvalue weighted by molar-refractivity contribution is 0.527. The molecule has 96 valence electrons. The molecule has 7 heteroatoms. The van der Waals surface area contributed by atoms with Crippen LogP contribution >= 0.6 is 0 Å². The van der Waals surface area contributed by atoms with Gasteiger partial charge in [0.2, 0.25) is 0 Å². The Morgan fingerprint density at radius 2 is 2.18 bits per heavy atom. The molecular formula is C10H18N4O2S. The SMILES string of the molecule is Cc1[nH]nc(S(=O)(=O)NCC2(C)CC2)c1CN. The first-order chi connectivity index (χ1) is 7.88. The fraction of sp³-hybridized carbons (Fsp3) is 0.700. The highest BCUT2D eigenvalue weighted by Crippen LogP contribution is 2.44. The van der Waals surface area contributed by atoms with Crippen molar-refractivity contribution in [2.24, 2.45) is 11.1 Å². The molecule has 0 spiro atoms. The van der Waals surface area contributed by atoms with Gasteiger partial charge < -0.3 is 5.73 Å². The van der Waals surface area contributed by atoms with E-state index < -0.39 is 10.0 Å². The topological polar surface area (TPSA) is 101 Å². The van der Waals surface area contributed by atoms with E-state index in [1.54, 1.807) is 6.92 Å². The Morgan fingerprint density at radius 1 is 1.53 bits per heavy atom. The van der Waals surface area contributed by atoms with Crippen molar-refractivity contribution in [1.82, 2.24) is 14.9 Å². The molecule has 4 N–H and O–H groups in total. The van der Waals surface area contributed by atoms with Gasteiger partial charge in [0.1, 0.15) is 0 Å². The zero-order chi connectivity index (χ0) is 12.7. The van der Waals surface area contributed by atoms with E-state index in [4.69, 9.17) is 5.73 Å². The number of hydrogen-bond donors (Lipinski definition) is 3. The molecule has 0 saturated heterocycles. The summed E-state index contributed by atoms with van der Waals surface area (Å²) in [4.78, 5) is 0. The second kappa shape index (κ2) is 4.08. The van der Waals surface area contributed by atoms with E-state index in [9.17, 15) is 8.42 Å². The second-order valence-corrected chi connectivity index (χ2v) is 6.65. The van der Waals surface area contributed by atoms with Crippen LogP contribution in [0.2, 0.25) is 0 Å². The van der Waals surface area contributed by atoms with Crippen LogP contribution < -0.4 is 10.5 Å². The Kier molecular flexibility index (Phi) is 3.01. The Hall–Kier alpha value is -0.920. The first-order valence-corrected chi connectivity index (χ1v) is 7.10. The molecule has 1 heterocycles. The Morgan fingerprint density at radius 3 is 2.71 bits per heavy atom. The average molecular weight is 258 g/mol. The van der Waals surface area contributed by atoms with Gasteiger partial charge in [0.25, 0.3) is 10.0 Å². The number of H-pyrrole nitrogens is 1. The maximum atomic E-state index is 12.1.